The first-order valence-corrected chi connectivity index (χ1v) is 7.27. The van der Waals surface area contributed by atoms with Crippen LogP contribution in [0.15, 0.2) is 24.3 Å². The van der Waals surface area contributed by atoms with E-state index in [4.69, 9.17) is 0 Å². The van der Waals surface area contributed by atoms with Gasteiger partial charge < -0.3 is 0 Å². The topological polar surface area (TPSA) is 17.1 Å². The maximum absolute atomic E-state index is 12.9. The van der Waals surface area contributed by atoms with E-state index in [-0.39, 0.29) is 11.6 Å². The molecule has 3 heteroatoms. The van der Waals surface area contributed by atoms with Gasteiger partial charge in [-0.05, 0) is 36.6 Å². The fourth-order valence-corrected chi connectivity index (χ4v) is 3.38. The van der Waals surface area contributed by atoms with Gasteiger partial charge in [0.15, 0.2) is 5.78 Å². The van der Waals surface area contributed by atoms with Crippen LogP contribution in [0.1, 0.15) is 36.0 Å². The zero-order chi connectivity index (χ0) is 12.1. The molecule has 1 nitrogen and oxygen atoms in total. The van der Waals surface area contributed by atoms with Crippen molar-refractivity contribution >= 4 is 17.5 Å². The average Bonchev–Trinajstić information content (AvgIpc) is 2.82. The molecule has 92 valence electrons. The van der Waals surface area contributed by atoms with Crippen molar-refractivity contribution in [3.8, 4) is 0 Å². The summed E-state index contributed by atoms with van der Waals surface area (Å²) in [6.07, 6.45) is 5.29. The Kier molecular flexibility index (Phi) is 4.60. The number of rotatable bonds is 5. The molecular formula is C14H17FOS. The summed E-state index contributed by atoms with van der Waals surface area (Å²) in [4.78, 5) is 11.8. The van der Waals surface area contributed by atoms with Crippen LogP contribution in [0.5, 0.6) is 0 Å². The second-order valence-corrected chi connectivity index (χ2v) is 5.63. The molecule has 0 N–H and O–H groups in total. The van der Waals surface area contributed by atoms with E-state index in [1.807, 2.05) is 0 Å². The number of thioether (sulfide) groups is 1. The summed E-state index contributed by atoms with van der Waals surface area (Å²) in [7, 11) is 0. The predicted octanol–water partition coefficient (Wildman–Crippen LogP) is 3.93. The van der Waals surface area contributed by atoms with E-state index in [1.165, 1.54) is 37.8 Å². The van der Waals surface area contributed by atoms with Gasteiger partial charge in [0.2, 0.25) is 0 Å². The van der Waals surface area contributed by atoms with E-state index >= 15 is 0 Å². The minimum Gasteiger partial charge on any atom is -0.293 e. The maximum Gasteiger partial charge on any atom is 0.172 e. The minimum atomic E-state index is -0.336. The van der Waals surface area contributed by atoms with Crippen LogP contribution in [0.4, 0.5) is 4.39 Å². The maximum atomic E-state index is 12.9. The van der Waals surface area contributed by atoms with E-state index in [0.29, 0.717) is 11.3 Å². The van der Waals surface area contributed by atoms with Crippen molar-refractivity contribution < 1.29 is 9.18 Å². The molecular weight excluding hydrogens is 235 g/mol. The number of halogens is 1. The molecule has 17 heavy (non-hydrogen) atoms. The van der Waals surface area contributed by atoms with Gasteiger partial charge in [-0.25, -0.2) is 4.39 Å². The Bertz CT molecular complexity index is 386. The first kappa shape index (κ1) is 12.6. The summed E-state index contributed by atoms with van der Waals surface area (Å²) in [5.74, 6) is 2.03. The number of benzene rings is 1. The van der Waals surface area contributed by atoms with Gasteiger partial charge in [0, 0.05) is 5.56 Å². The van der Waals surface area contributed by atoms with Crippen molar-refractivity contribution in [3.63, 3.8) is 0 Å². The fourth-order valence-electron chi connectivity index (χ4n) is 2.24. The Hall–Kier alpha value is -0.830. The number of hydrogen-bond donors (Lipinski definition) is 0. The predicted molar refractivity (Wildman–Crippen MR) is 70.0 cm³/mol. The molecule has 0 aliphatic heterocycles. The second-order valence-electron chi connectivity index (χ2n) is 4.60. The lowest BCUT2D eigenvalue weighted by Gasteiger charge is -2.07. The highest BCUT2D eigenvalue weighted by Gasteiger charge is 2.15. The highest BCUT2D eigenvalue weighted by molar-refractivity contribution is 7.99. The zero-order valence-electron chi connectivity index (χ0n) is 9.82. The molecule has 0 aromatic heterocycles. The van der Waals surface area contributed by atoms with Crippen molar-refractivity contribution in [1.82, 2.24) is 0 Å². The Morgan fingerprint density at radius 2 is 2.12 bits per heavy atom. The third kappa shape index (κ3) is 3.84. The first-order valence-electron chi connectivity index (χ1n) is 6.12. The standard InChI is InChI=1S/C14H17FOS/c15-13-7-3-6-12(8-13)14(16)10-17-9-11-4-1-2-5-11/h3,6-8,11H,1-2,4-5,9-10H2. The number of Topliss-reactive ketones (excluding diaryl/α,β-unsaturated/α-hetero) is 1. The lowest BCUT2D eigenvalue weighted by molar-refractivity contribution is 0.102. The molecule has 1 aromatic rings. The SMILES string of the molecule is O=C(CSCC1CCCC1)c1cccc(F)c1. The number of carbonyl (C=O) groups is 1. The van der Waals surface area contributed by atoms with Gasteiger partial charge in [-0.2, -0.15) is 11.8 Å². The average molecular weight is 252 g/mol. The van der Waals surface area contributed by atoms with Crippen LogP contribution < -0.4 is 0 Å². The van der Waals surface area contributed by atoms with Gasteiger partial charge in [0.05, 0.1) is 5.75 Å². The molecule has 1 aliphatic carbocycles. The smallest absolute Gasteiger partial charge is 0.172 e. The summed E-state index contributed by atoms with van der Waals surface area (Å²) in [5, 5.41) is 0. The normalized spacial score (nSPS) is 16.3. The zero-order valence-corrected chi connectivity index (χ0v) is 10.6. The molecule has 0 spiro atoms. The summed E-state index contributed by atoms with van der Waals surface area (Å²) in [6.45, 7) is 0. The number of ketones is 1. The number of hydrogen-bond acceptors (Lipinski definition) is 2. The van der Waals surface area contributed by atoms with E-state index in [1.54, 1.807) is 23.9 Å². The number of carbonyl (C=O) groups excluding carboxylic acids is 1. The monoisotopic (exact) mass is 252 g/mol. The van der Waals surface area contributed by atoms with Crippen LogP contribution in [-0.2, 0) is 0 Å². The van der Waals surface area contributed by atoms with Gasteiger partial charge in [-0.1, -0.05) is 25.0 Å². The summed E-state index contributed by atoms with van der Waals surface area (Å²) in [5.41, 5.74) is 0.490. The lowest BCUT2D eigenvalue weighted by Crippen LogP contribution is -2.05. The Labute approximate surface area is 106 Å². The van der Waals surface area contributed by atoms with Crippen LogP contribution >= 0.6 is 11.8 Å². The van der Waals surface area contributed by atoms with E-state index in [0.717, 1.165) is 11.7 Å². The molecule has 1 aliphatic rings. The van der Waals surface area contributed by atoms with Crippen LogP contribution in [-0.4, -0.2) is 17.3 Å². The third-order valence-corrected chi connectivity index (χ3v) is 4.38. The van der Waals surface area contributed by atoms with Crippen molar-refractivity contribution in [1.29, 1.82) is 0 Å². The van der Waals surface area contributed by atoms with Crippen molar-refractivity contribution in [2.24, 2.45) is 5.92 Å². The Morgan fingerprint density at radius 1 is 1.35 bits per heavy atom. The highest BCUT2D eigenvalue weighted by atomic mass is 32.2. The molecule has 0 radical (unpaired) electrons. The van der Waals surface area contributed by atoms with E-state index < -0.39 is 0 Å². The van der Waals surface area contributed by atoms with Crippen LogP contribution in [0.25, 0.3) is 0 Å². The van der Waals surface area contributed by atoms with Crippen molar-refractivity contribution in [2.45, 2.75) is 25.7 Å². The quantitative estimate of drug-likeness (QED) is 0.738. The molecule has 1 saturated carbocycles. The van der Waals surface area contributed by atoms with Crippen molar-refractivity contribution in [3.05, 3.63) is 35.6 Å². The summed E-state index contributed by atoms with van der Waals surface area (Å²) in [6, 6.07) is 5.95. The molecule has 0 bridgehead atoms. The van der Waals surface area contributed by atoms with Gasteiger partial charge in [-0.3, -0.25) is 4.79 Å². The first-order chi connectivity index (χ1) is 8.25. The molecule has 0 atom stereocenters. The molecule has 0 amide bonds. The molecule has 0 heterocycles. The lowest BCUT2D eigenvalue weighted by atomic mass is 10.1. The van der Waals surface area contributed by atoms with Crippen LogP contribution in [0.3, 0.4) is 0 Å². The molecule has 0 saturated heterocycles. The van der Waals surface area contributed by atoms with Gasteiger partial charge in [0.25, 0.3) is 0 Å². The van der Waals surface area contributed by atoms with E-state index in [2.05, 4.69) is 0 Å². The molecule has 1 aromatic carbocycles. The van der Waals surface area contributed by atoms with Crippen LogP contribution in [0, 0.1) is 11.7 Å². The molecule has 1 fully saturated rings. The Morgan fingerprint density at radius 3 is 2.82 bits per heavy atom. The van der Waals surface area contributed by atoms with Crippen molar-refractivity contribution in [2.75, 3.05) is 11.5 Å². The molecule has 0 unspecified atom stereocenters. The van der Waals surface area contributed by atoms with Gasteiger partial charge >= 0.3 is 0 Å². The summed E-state index contributed by atoms with van der Waals surface area (Å²) < 4.78 is 12.9. The van der Waals surface area contributed by atoms with Crippen LogP contribution in [0.2, 0.25) is 0 Å². The van der Waals surface area contributed by atoms with Gasteiger partial charge in [0.1, 0.15) is 5.82 Å². The molecule has 2 rings (SSSR count). The largest absolute Gasteiger partial charge is 0.293 e. The fraction of sp³-hybridized carbons (Fsp3) is 0.500. The van der Waals surface area contributed by atoms with E-state index in [9.17, 15) is 9.18 Å². The van der Waals surface area contributed by atoms with Gasteiger partial charge in [-0.15, -0.1) is 0 Å². The highest BCUT2D eigenvalue weighted by Crippen LogP contribution is 2.28. The Balaban J connectivity index is 1.77. The summed E-state index contributed by atoms with van der Waals surface area (Å²) >= 11 is 1.69. The minimum absolute atomic E-state index is 0.0347. The second kappa shape index (κ2) is 6.20. The third-order valence-electron chi connectivity index (χ3n) is 3.21.